The Morgan fingerprint density at radius 3 is 2.36 bits per heavy atom. The summed E-state index contributed by atoms with van der Waals surface area (Å²) in [5.41, 5.74) is 2.86. The topological polar surface area (TPSA) is 0 Å². The third-order valence-electron chi connectivity index (χ3n) is 4.44. The smallest absolute Gasteiger partial charge is 1.00 e. The maximum Gasteiger partial charge on any atom is 4.00 e. The number of allylic oxidation sites excluding steroid dienone is 1. The van der Waals surface area contributed by atoms with Gasteiger partial charge >= 0.3 is 26.2 Å². The zero-order valence-corrected chi connectivity index (χ0v) is 18.5. The van der Waals surface area contributed by atoms with Crippen molar-refractivity contribution in [3.63, 3.8) is 0 Å². The molecule has 3 heteroatoms. The standard InChI is InChI=1S/C13H15.C9H7.2ClH.Zr/c1-3-10(2)12-9-8-11-6-4-5-7-13(11)12;1-2-5-9-7-3-6-8(9)4-1;;;/h4-9,12H,3H2,1-2H3;1-7H;2*1H;/q2*-1;;;+4/p-2. The van der Waals surface area contributed by atoms with Crippen molar-refractivity contribution in [1.82, 2.24) is 0 Å². The molecule has 1 aliphatic rings. The second-order valence-corrected chi connectivity index (χ2v) is 5.82. The largest absolute Gasteiger partial charge is 4.00 e. The second-order valence-electron chi connectivity index (χ2n) is 5.82. The van der Waals surface area contributed by atoms with Crippen molar-refractivity contribution in [2.45, 2.75) is 26.2 Å². The van der Waals surface area contributed by atoms with Gasteiger partial charge in [0.05, 0.1) is 0 Å². The van der Waals surface area contributed by atoms with Crippen LogP contribution in [-0.4, -0.2) is 0 Å². The van der Waals surface area contributed by atoms with Crippen LogP contribution < -0.4 is 24.8 Å². The Bertz CT molecular complexity index is 746. The van der Waals surface area contributed by atoms with E-state index in [1.54, 1.807) is 5.92 Å². The molecule has 0 saturated heterocycles. The van der Waals surface area contributed by atoms with Crippen LogP contribution in [-0.2, 0) is 26.2 Å². The number of fused-ring (bicyclic) bond motifs is 2. The van der Waals surface area contributed by atoms with Crippen molar-refractivity contribution >= 4 is 16.8 Å². The molecule has 4 rings (SSSR count). The summed E-state index contributed by atoms with van der Waals surface area (Å²) >= 11 is 0. The van der Waals surface area contributed by atoms with Crippen molar-refractivity contribution in [2.75, 3.05) is 0 Å². The van der Waals surface area contributed by atoms with E-state index in [4.69, 9.17) is 0 Å². The Hall–Kier alpha value is -0.747. The molecule has 3 aromatic carbocycles. The first-order valence-corrected chi connectivity index (χ1v) is 7.99. The van der Waals surface area contributed by atoms with Gasteiger partial charge in [0, 0.05) is 0 Å². The molecule has 25 heavy (non-hydrogen) atoms. The van der Waals surface area contributed by atoms with Gasteiger partial charge in [-0.3, -0.25) is 0 Å². The molecule has 0 aromatic heterocycles. The van der Waals surface area contributed by atoms with E-state index in [9.17, 15) is 0 Å². The zero-order valence-electron chi connectivity index (χ0n) is 14.5. The van der Waals surface area contributed by atoms with Gasteiger partial charge in [0.1, 0.15) is 0 Å². The molecule has 0 nitrogen and oxygen atoms in total. The minimum Gasteiger partial charge on any atom is -1.00 e. The maximum absolute atomic E-state index is 2.31. The van der Waals surface area contributed by atoms with E-state index in [2.05, 4.69) is 92.7 Å². The molecule has 0 radical (unpaired) electrons. The van der Waals surface area contributed by atoms with Crippen molar-refractivity contribution in [3.05, 3.63) is 89.9 Å². The average molecular weight is 449 g/mol. The molecule has 0 bridgehead atoms. The summed E-state index contributed by atoms with van der Waals surface area (Å²) in [5, 5.41) is 2.66. The Morgan fingerprint density at radius 1 is 0.960 bits per heavy atom. The number of halogens is 2. The molecule has 1 unspecified atom stereocenters. The molecule has 0 amide bonds. The second kappa shape index (κ2) is 11.8. The van der Waals surface area contributed by atoms with Gasteiger partial charge in [0.15, 0.2) is 0 Å². The predicted molar refractivity (Wildman–Crippen MR) is 97.0 cm³/mol. The van der Waals surface area contributed by atoms with Crippen LogP contribution >= 0.6 is 0 Å². The van der Waals surface area contributed by atoms with E-state index in [-0.39, 0.29) is 51.0 Å². The minimum absolute atomic E-state index is 0. The van der Waals surface area contributed by atoms with Gasteiger partial charge in [0.2, 0.25) is 0 Å². The third-order valence-corrected chi connectivity index (χ3v) is 4.44. The van der Waals surface area contributed by atoms with E-state index in [0.29, 0.717) is 5.92 Å². The Labute approximate surface area is 183 Å². The minimum atomic E-state index is 0. The van der Waals surface area contributed by atoms with E-state index in [1.807, 2.05) is 0 Å². The average Bonchev–Trinajstić information content (AvgIpc) is 3.21. The third kappa shape index (κ3) is 5.88. The summed E-state index contributed by atoms with van der Waals surface area (Å²) in [6.07, 6.45) is 5.71. The summed E-state index contributed by atoms with van der Waals surface area (Å²) in [4.78, 5) is 0. The van der Waals surface area contributed by atoms with Crippen LogP contribution in [0.5, 0.6) is 0 Å². The van der Waals surface area contributed by atoms with Gasteiger partial charge in [-0.15, -0.1) is 41.6 Å². The SMILES string of the molecule is CC[C-](C)C1C=Cc2ccccc21.[Cl-].[Cl-].[Zr+4].c1ccc2[cH-]ccc2c1. The summed E-state index contributed by atoms with van der Waals surface area (Å²) < 4.78 is 0. The molecule has 3 aromatic rings. The molecule has 1 atom stereocenters. The number of hydrogen-bond donors (Lipinski definition) is 0. The number of benzene rings is 2. The first kappa shape index (κ1) is 24.3. The molecular weight excluding hydrogens is 426 g/mol. The monoisotopic (exact) mass is 446 g/mol. The fraction of sp³-hybridized carbons (Fsp3) is 0.182. The van der Waals surface area contributed by atoms with Gasteiger partial charge in [-0.1, -0.05) is 48.9 Å². The van der Waals surface area contributed by atoms with Crippen LogP contribution in [0, 0.1) is 5.92 Å². The molecule has 0 aliphatic heterocycles. The molecule has 0 spiro atoms. The van der Waals surface area contributed by atoms with Crippen molar-refractivity contribution in [3.8, 4) is 0 Å². The van der Waals surface area contributed by atoms with Crippen LogP contribution in [0.3, 0.4) is 0 Å². The Balaban J connectivity index is 0.000000430. The Kier molecular flexibility index (Phi) is 11.4. The summed E-state index contributed by atoms with van der Waals surface area (Å²) in [7, 11) is 0. The molecule has 0 saturated carbocycles. The molecule has 0 heterocycles. The van der Waals surface area contributed by atoms with Gasteiger partial charge in [-0.05, 0) is 5.56 Å². The van der Waals surface area contributed by atoms with Gasteiger partial charge < -0.3 is 30.7 Å². The van der Waals surface area contributed by atoms with E-state index in [0.717, 1.165) is 0 Å². The number of hydrogen-bond acceptors (Lipinski definition) is 0. The van der Waals surface area contributed by atoms with E-state index >= 15 is 0 Å². The van der Waals surface area contributed by atoms with Crippen molar-refractivity contribution < 1.29 is 51.0 Å². The van der Waals surface area contributed by atoms with Crippen molar-refractivity contribution in [1.29, 1.82) is 0 Å². The van der Waals surface area contributed by atoms with Crippen LogP contribution in [0.25, 0.3) is 16.8 Å². The summed E-state index contributed by atoms with van der Waals surface area (Å²) in [6.45, 7) is 4.47. The first-order valence-electron chi connectivity index (χ1n) is 7.99. The van der Waals surface area contributed by atoms with Gasteiger partial charge in [-0.2, -0.15) is 30.9 Å². The van der Waals surface area contributed by atoms with Gasteiger partial charge in [0.25, 0.3) is 0 Å². The maximum atomic E-state index is 2.31. The normalized spacial score (nSPS) is 13.8. The zero-order chi connectivity index (χ0) is 15.4. The van der Waals surface area contributed by atoms with E-state index < -0.39 is 0 Å². The predicted octanol–water partition coefficient (Wildman–Crippen LogP) is 0.366. The van der Waals surface area contributed by atoms with Crippen LogP contribution in [0.2, 0.25) is 0 Å². The molecule has 0 fully saturated rings. The Morgan fingerprint density at radius 2 is 1.64 bits per heavy atom. The number of rotatable bonds is 2. The van der Waals surface area contributed by atoms with E-state index in [1.165, 1.54) is 28.3 Å². The molecule has 0 N–H and O–H groups in total. The van der Waals surface area contributed by atoms with Gasteiger partial charge in [-0.25, -0.2) is 0 Å². The first-order chi connectivity index (χ1) is 10.8. The van der Waals surface area contributed by atoms with Crippen LogP contribution in [0.4, 0.5) is 0 Å². The fourth-order valence-electron chi connectivity index (χ4n) is 2.97. The fourth-order valence-corrected chi connectivity index (χ4v) is 2.97. The van der Waals surface area contributed by atoms with Crippen LogP contribution in [0.1, 0.15) is 37.3 Å². The van der Waals surface area contributed by atoms with Crippen LogP contribution in [0.15, 0.2) is 72.8 Å². The molecule has 128 valence electrons. The summed E-state index contributed by atoms with van der Waals surface area (Å²) in [5.74, 6) is 2.13. The summed E-state index contributed by atoms with van der Waals surface area (Å²) in [6, 6.07) is 23.3. The quantitative estimate of drug-likeness (QED) is 0.497. The molecule has 1 aliphatic carbocycles. The molecular formula is C22H22Cl2Zr. The van der Waals surface area contributed by atoms with Crippen molar-refractivity contribution in [2.24, 2.45) is 0 Å².